The van der Waals surface area contributed by atoms with E-state index >= 15 is 0 Å². The van der Waals surface area contributed by atoms with Crippen LogP contribution in [0.15, 0.2) is 24.5 Å². The van der Waals surface area contributed by atoms with Gasteiger partial charge in [0.1, 0.15) is 11.5 Å². The van der Waals surface area contributed by atoms with E-state index in [0.29, 0.717) is 11.3 Å². The summed E-state index contributed by atoms with van der Waals surface area (Å²) in [4.78, 5) is 14.4. The van der Waals surface area contributed by atoms with Gasteiger partial charge in [-0.25, -0.2) is 9.37 Å². The molecule has 0 aliphatic heterocycles. The summed E-state index contributed by atoms with van der Waals surface area (Å²) < 4.78 is 14.3. The number of carbonyl (C=O) groups is 1. The zero-order valence-electron chi connectivity index (χ0n) is 7.14. The maximum absolute atomic E-state index is 12.8. The molecule has 2 aromatic rings. The summed E-state index contributed by atoms with van der Waals surface area (Å²) in [7, 11) is 0. The molecule has 4 nitrogen and oxygen atoms in total. The molecule has 0 fully saturated rings. The van der Waals surface area contributed by atoms with Gasteiger partial charge in [0.05, 0.1) is 12.1 Å². The molecule has 0 saturated carbocycles. The maximum atomic E-state index is 12.8. The van der Waals surface area contributed by atoms with Gasteiger partial charge in [-0.05, 0) is 12.1 Å². The Morgan fingerprint density at radius 3 is 3.07 bits per heavy atom. The number of carboxylic acid groups (broad SMARTS) is 1. The first-order valence-corrected chi connectivity index (χ1v) is 4.00. The number of fused-ring (bicyclic) bond motifs is 1. The summed E-state index contributed by atoms with van der Waals surface area (Å²) in [5.74, 6) is -1.38. The molecule has 0 amide bonds. The highest BCUT2D eigenvalue weighted by atomic mass is 19.1. The van der Waals surface area contributed by atoms with Crippen LogP contribution in [-0.2, 0) is 11.2 Å². The second kappa shape index (κ2) is 3.10. The molecular formula is C9H7FN2O2. The van der Waals surface area contributed by atoms with Gasteiger partial charge in [-0.15, -0.1) is 0 Å². The molecule has 0 aliphatic rings. The van der Waals surface area contributed by atoms with Gasteiger partial charge in [-0.2, -0.15) is 0 Å². The number of rotatable bonds is 2. The third kappa shape index (κ3) is 1.44. The number of imidazole rings is 1. The van der Waals surface area contributed by atoms with E-state index in [1.807, 2.05) is 0 Å². The summed E-state index contributed by atoms with van der Waals surface area (Å²) in [6.07, 6.45) is 2.49. The topological polar surface area (TPSA) is 54.6 Å². The molecule has 0 saturated heterocycles. The van der Waals surface area contributed by atoms with Crippen LogP contribution in [0.5, 0.6) is 0 Å². The fourth-order valence-electron chi connectivity index (χ4n) is 1.29. The highest BCUT2D eigenvalue weighted by molar-refractivity contribution is 5.70. The molecule has 2 heterocycles. The van der Waals surface area contributed by atoms with Crippen LogP contribution in [0.1, 0.15) is 5.69 Å². The molecule has 2 aromatic heterocycles. The molecule has 14 heavy (non-hydrogen) atoms. The van der Waals surface area contributed by atoms with Crippen LogP contribution >= 0.6 is 0 Å². The van der Waals surface area contributed by atoms with E-state index in [4.69, 9.17) is 5.11 Å². The normalized spacial score (nSPS) is 10.6. The second-order valence-electron chi connectivity index (χ2n) is 2.90. The number of hydrogen-bond acceptors (Lipinski definition) is 2. The van der Waals surface area contributed by atoms with Crippen LogP contribution < -0.4 is 0 Å². The Morgan fingerprint density at radius 1 is 1.57 bits per heavy atom. The predicted molar refractivity (Wildman–Crippen MR) is 46.5 cm³/mol. The van der Waals surface area contributed by atoms with Crippen LogP contribution in [0.2, 0.25) is 0 Å². The number of hydrogen-bond donors (Lipinski definition) is 1. The van der Waals surface area contributed by atoms with Crippen molar-refractivity contribution >= 4 is 11.6 Å². The first-order valence-electron chi connectivity index (χ1n) is 4.00. The molecule has 0 bridgehead atoms. The molecule has 1 N–H and O–H groups in total. The summed E-state index contributed by atoms with van der Waals surface area (Å²) >= 11 is 0. The van der Waals surface area contributed by atoms with E-state index in [1.165, 1.54) is 28.9 Å². The fraction of sp³-hybridized carbons (Fsp3) is 0.111. The van der Waals surface area contributed by atoms with Crippen molar-refractivity contribution in [2.45, 2.75) is 6.42 Å². The van der Waals surface area contributed by atoms with Gasteiger partial charge in [0, 0.05) is 12.4 Å². The summed E-state index contributed by atoms with van der Waals surface area (Å²) in [5, 5.41) is 8.58. The number of pyridine rings is 1. The number of aliphatic carboxylic acids is 1. The number of nitrogens with zero attached hydrogens (tertiary/aromatic N) is 2. The largest absolute Gasteiger partial charge is 0.481 e. The molecule has 5 heteroatoms. The number of carboxylic acids is 1. The highest BCUT2D eigenvalue weighted by Crippen LogP contribution is 2.08. The van der Waals surface area contributed by atoms with Crippen LogP contribution in [0.3, 0.4) is 0 Å². The third-order valence-corrected chi connectivity index (χ3v) is 1.88. The van der Waals surface area contributed by atoms with Gasteiger partial charge in [-0.3, -0.25) is 4.79 Å². The first kappa shape index (κ1) is 8.68. The highest BCUT2D eigenvalue weighted by Gasteiger charge is 2.07. The molecule has 0 unspecified atom stereocenters. The molecule has 0 aliphatic carbocycles. The predicted octanol–water partition coefficient (Wildman–Crippen LogP) is 1.10. The zero-order chi connectivity index (χ0) is 10.1. The van der Waals surface area contributed by atoms with Gasteiger partial charge in [0.25, 0.3) is 0 Å². The van der Waals surface area contributed by atoms with Crippen molar-refractivity contribution in [2.75, 3.05) is 0 Å². The van der Waals surface area contributed by atoms with Crippen LogP contribution in [0, 0.1) is 5.82 Å². The lowest BCUT2D eigenvalue weighted by atomic mass is 10.3. The van der Waals surface area contributed by atoms with Crippen molar-refractivity contribution in [3.63, 3.8) is 0 Å². The SMILES string of the molecule is O=C(O)Cc1cnc2ccc(F)cn12. The van der Waals surface area contributed by atoms with Crippen LogP contribution in [0.25, 0.3) is 5.65 Å². The number of aromatic nitrogens is 2. The van der Waals surface area contributed by atoms with Gasteiger partial charge in [0.2, 0.25) is 0 Å². The minimum Gasteiger partial charge on any atom is -0.481 e. The van der Waals surface area contributed by atoms with Gasteiger partial charge in [-0.1, -0.05) is 0 Å². The first-order chi connectivity index (χ1) is 6.66. The monoisotopic (exact) mass is 194 g/mol. The Morgan fingerprint density at radius 2 is 2.36 bits per heavy atom. The maximum Gasteiger partial charge on any atom is 0.309 e. The fourth-order valence-corrected chi connectivity index (χ4v) is 1.29. The minimum atomic E-state index is -0.962. The van der Waals surface area contributed by atoms with E-state index in [9.17, 15) is 9.18 Å². The van der Waals surface area contributed by atoms with Crippen molar-refractivity contribution in [1.82, 2.24) is 9.38 Å². The lowest BCUT2D eigenvalue weighted by molar-refractivity contribution is -0.136. The van der Waals surface area contributed by atoms with Crippen LogP contribution in [0.4, 0.5) is 4.39 Å². The Bertz CT molecular complexity index is 493. The molecular weight excluding hydrogens is 187 g/mol. The third-order valence-electron chi connectivity index (χ3n) is 1.88. The summed E-state index contributed by atoms with van der Waals surface area (Å²) in [6.45, 7) is 0. The van der Waals surface area contributed by atoms with Crippen molar-refractivity contribution in [3.8, 4) is 0 Å². The zero-order valence-corrected chi connectivity index (χ0v) is 7.14. The van der Waals surface area contributed by atoms with Crippen molar-refractivity contribution in [3.05, 3.63) is 36.0 Å². The standard InChI is InChI=1S/C9H7FN2O2/c10-6-1-2-8-11-4-7(3-9(13)14)12(8)5-6/h1-2,4-5H,3H2,(H,13,14). The van der Waals surface area contributed by atoms with E-state index in [0.717, 1.165) is 0 Å². The van der Waals surface area contributed by atoms with E-state index < -0.39 is 11.8 Å². The molecule has 72 valence electrons. The smallest absolute Gasteiger partial charge is 0.309 e. The molecule has 0 radical (unpaired) electrons. The summed E-state index contributed by atoms with van der Waals surface area (Å²) in [5.41, 5.74) is 1.01. The van der Waals surface area contributed by atoms with Crippen molar-refractivity contribution < 1.29 is 14.3 Å². The Labute approximate surface area is 78.6 Å². The van der Waals surface area contributed by atoms with Gasteiger partial charge in [0.15, 0.2) is 0 Å². The lowest BCUT2D eigenvalue weighted by Gasteiger charge is -1.97. The molecule has 0 atom stereocenters. The molecule has 0 spiro atoms. The second-order valence-corrected chi connectivity index (χ2v) is 2.90. The Balaban J connectivity index is 2.55. The lowest BCUT2D eigenvalue weighted by Crippen LogP contribution is -2.03. The summed E-state index contributed by atoms with van der Waals surface area (Å²) in [6, 6.07) is 2.79. The minimum absolute atomic E-state index is 0.162. The van der Waals surface area contributed by atoms with Crippen molar-refractivity contribution in [2.24, 2.45) is 0 Å². The average molecular weight is 194 g/mol. The average Bonchev–Trinajstić information content (AvgIpc) is 2.47. The van der Waals surface area contributed by atoms with Gasteiger partial charge >= 0.3 is 5.97 Å². The quantitative estimate of drug-likeness (QED) is 0.778. The van der Waals surface area contributed by atoms with E-state index in [-0.39, 0.29) is 6.42 Å². The Kier molecular flexibility index (Phi) is 1.92. The van der Waals surface area contributed by atoms with Crippen LogP contribution in [-0.4, -0.2) is 20.5 Å². The van der Waals surface area contributed by atoms with Crippen molar-refractivity contribution in [1.29, 1.82) is 0 Å². The molecule has 0 aromatic carbocycles. The van der Waals surface area contributed by atoms with Gasteiger partial charge < -0.3 is 9.51 Å². The molecule has 2 rings (SSSR count). The number of halogens is 1. The Hall–Kier alpha value is -1.91. The van der Waals surface area contributed by atoms with E-state index in [2.05, 4.69) is 4.98 Å². The van der Waals surface area contributed by atoms with E-state index in [1.54, 1.807) is 0 Å².